The number of nitrogens with zero attached hydrogens (tertiary/aromatic N) is 7. The number of hydroxylamine groups is 3. The van der Waals surface area contributed by atoms with Gasteiger partial charge in [-0.15, -0.1) is 10.2 Å². The molecule has 11 nitrogen and oxygen atoms in total. The summed E-state index contributed by atoms with van der Waals surface area (Å²) in [5.74, 6) is -0.416. The summed E-state index contributed by atoms with van der Waals surface area (Å²) in [6.45, 7) is 5.45. The number of carbonyl (C=O) groups is 1. The van der Waals surface area contributed by atoms with E-state index in [1.807, 2.05) is 37.7 Å². The Hall–Kier alpha value is -2.70. The second kappa shape index (κ2) is 9.98. The molecule has 0 amide bonds. The number of ether oxygens (including phenoxy) is 1. The molecule has 1 aromatic carbocycles. The van der Waals surface area contributed by atoms with Crippen molar-refractivity contribution in [3.63, 3.8) is 0 Å². The molecule has 2 aliphatic rings. The molecule has 1 aliphatic heterocycles. The molecule has 0 radical (unpaired) electrons. The second-order valence-corrected chi connectivity index (χ2v) is 10.5. The Labute approximate surface area is 218 Å². The highest BCUT2D eigenvalue weighted by molar-refractivity contribution is 6.31. The number of hydrogen-bond donors (Lipinski definition) is 0. The zero-order valence-corrected chi connectivity index (χ0v) is 21.7. The SMILES string of the molecule is CC(C)(C)OC(=O)C(Cc1ccn(C2CC2)n1)N1CON(c2cc(Cl)ccc2-n2cc(Cl)nn2)CO1. The van der Waals surface area contributed by atoms with E-state index < -0.39 is 17.6 Å². The van der Waals surface area contributed by atoms with Crippen LogP contribution in [-0.2, 0) is 25.6 Å². The van der Waals surface area contributed by atoms with Crippen molar-refractivity contribution in [3.05, 3.63) is 52.5 Å². The molecule has 1 saturated heterocycles. The summed E-state index contributed by atoms with van der Waals surface area (Å²) in [4.78, 5) is 25.2. The third kappa shape index (κ3) is 5.81. The first-order valence-electron chi connectivity index (χ1n) is 11.6. The van der Waals surface area contributed by atoms with Gasteiger partial charge in [0, 0.05) is 17.6 Å². The second-order valence-electron chi connectivity index (χ2n) is 9.70. The van der Waals surface area contributed by atoms with Crippen LogP contribution in [0.1, 0.15) is 45.3 Å². The van der Waals surface area contributed by atoms with E-state index in [0.717, 1.165) is 18.5 Å². The minimum atomic E-state index is -0.748. The highest BCUT2D eigenvalue weighted by atomic mass is 35.5. The first kappa shape index (κ1) is 25.0. The van der Waals surface area contributed by atoms with Crippen molar-refractivity contribution in [2.75, 3.05) is 18.5 Å². The largest absolute Gasteiger partial charge is 0.459 e. The lowest BCUT2D eigenvalue weighted by atomic mass is 10.1. The first-order chi connectivity index (χ1) is 17.2. The van der Waals surface area contributed by atoms with E-state index in [1.54, 1.807) is 24.4 Å². The highest BCUT2D eigenvalue weighted by Gasteiger charge is 2.36. The summed E-state index contributed by atoms with van der Waals surface area (Å²) in [6, 6.07) is 6.86. The third-order valence-electron chi connectivity index (χ3n) is 5.61. The molecule has 36 heavy (non-hydrogen) atoms. The van der Waals surface area contributed by atoms with E-state index >= 15 is 0 Å². The third-order valence-corrected chi connectivity index (χ3v) is 6.02. The van der Waals surface area contributed by atoms with Gasteiger partial charge in [-0.05, 0) is 57.9 Å². The lowest BCUT2D eigenvalue weighted by Gasteiger charge is -2.38. The number of esters is 1. The van der Waals surface area contributed by atoms with Crippen molar-refractivity contribution in [2.24, 2.45) is 0 Å². The quantitative estimate of drug-likeness (QED) is 0.416. The van der Waals surface area contributed by atoms with Gasteiger partial charge in [0.05, 0.1) is 29.3 Å². The Kier molecular flexibility index (Phi) is 6.92. The lowest BCUT2D eigenvalue weighted by Crippen LogP contribution is -2.52. The summed E-state index contributed by atoms with van der Waals surface area (Å²) < 4.78 is 9.16. The Morgan fingerprint density at radius 3 is 2.61 bits per heavy atom. The molecule has 3 aromatic rings. The van der Waals surface area contributed by atoms with Gasteiger partial charge in [0.2, 0.25) is 0 Å². The molecule has 1 aliphatic carbocycles. The smallest absolute Gasteiger partial charge is 0.326 e. The van der Waals surface area contributed by atoms with Gasteiger partial charge in [-0.3, -0.25) is 19.2 Å². The van der Waals surface area contributed by atoms with Crippen molar-refractivity contribution in [3.8, 4) is 5.69 Å². The topological polar surface area (TPSA) is 99.8 Å². The normalized spacial score (nSPS) is 17.9. The maximum absolute atomic E-state index is 13.2. The average molecular weight is 536 g/mol. The highest BCUT2D eigenvalue weighted by Crippen LogP contribution is 2.34. The zero-order chi connectivity index (χ0) is 25.4. The molecule has 0 N–H and O–H groups in total. The predicted octanol–water partition coefficient (Wildman–Crippen LogP) is 3.96. The van der Waals surface area contributed by atoms with Crippen LogP contribution in [0.5, 0.6) is 0 Å². The van der Waals surface area contributed by atoms with Gasteiger partial charge in [0.25, 0.3) is 0 Å². The fourth-order valence-corrected chi connectivity index (χ4v) is 4.09. The van der Waals surface area contributed by atoms with E-state index in [-0.39, 0.29) is 18.6 Å². The average Bonchev–Trinajstić information content (AvgIpc) is 3.41. The molecule has 192 valence electrons. The van der Waals surface area contributed by atoms with Crippen LogP contribution < -0.4 is 5.06 Å². The summed E-state index contributed by atoms with van der Waals surface area (Å²) in [5.41, 5.74) is 1.37. The Bertz CT molecular complexity index is 1230. The Balaban J connectivity index is 1.33. The molecule has 2 aromatic heterocycles. The molecule has 1 unspecified atom stereocenters. The molecule has 2 fully saturated rings. The molecule has 1 atom stereocenters. The van der Waals surface area contributed by atoms with E-state index in [1.165, 1.54) is 14.8 Å². The minimum Gasteiger partial charge on any atom is -0.459 e. The molecule has 3 heterocycles. The number of carbonyl (C=O) groups excluding carboxylic acids is 1. The number of rotatable bonds is 7. The van der Waals surface area contributed by atoms with Gasteiger partial charge in [-0.1, -0.05) is 28.4 Å². The first-order valence-corrected chi connectivity index (χ1v) is 12.4. The van der Waals surface area contributed by atoms with Gasteiger partial charge in [-0.25, -0.2) is 9.75 Å². The maximum Gasteiger partial charge on any atom is 0.326 e. The minimum absolute atomic E-state index is 0.00835. The molecule has 0 spiro atoms. The zero-order valence-electron chi connectivity index (χ0n) is 20.2. The van der Waals surface area contributed by atoms with Crippen molar-refractivity contribution >= 4 is 34.9 Å². The fraction of sp³-hybridized carbons (Fsp3) is 0.478. The van der Waals surface area contributed by atoms with E-state index in [4.69, 9.17) is 37.6 Å². The van der Waals surface area contributed by atoms with Crippen LogP contribution in [-0.4, -0.2) is 60.9 Å². The van der Waals surface area contributed by atoms with Crippen molar-refractivity contribution in [1.82, 2.24) is 29.8 Å². The summed E-state index contributed by atoms with van der Waals surface area (Å²) in [5, 5.41) is 16.3. The van der Waals surface area contributed by atoms with Gasteiger partial charge >= 0.3 is 5.97 Å². The van der Waals surface area contributed by atoms with Gasteiger partial charge in [-0.2, -0.15) is 5.10 Å². The molecule has 13 heteroatoms. The van der Waals surface area contributed by atoms with E-state index in [0.29, 0.717) is 28.9 Å². The number of halogens is 2. The number of anilines is 1. The van der Waals surface area contributed by atoms with Crippen LogP contribution in [0.2, 0.25) is 10.2 Å². The van der Waals surface area contributed by atoms with Crippen LogP contribution in [0.3, 0.4) is 0 Å². The van der Waals surface area contributed by atoms with E-state index in [2.05, 4.69) is 15.4 Å². The van der Waals surface area contributed by atoms with Gasteiger partial charge < -0.3 is 4.74 Å². The molecule has 5 rings (SSSR count). The number of benzene rings is 1. The summed E-state index contributed by atoms with van der Waals surface area (Å²) in [6.07, 6.45) is 6.09. The van der Waals surface area contributed by atoms with Crippen molar-refractivity contribution in [1.29, 1.82) is 0 Å². The molecule has 1 saturated carbocycles. The predicted molar refractivity (Wildman–Crippen MR) is 131 cm³/mol. The summed E-state index contributed by atoms with van der Waals surface area (Å²) in [7, 11) is 0. The molecule has 0 bridgehead atoms. The van der Waals surface area contributed by atoms with Crippen LogP contribution in [0.25, 0.3) is 5.69 Å². The monoisotopic (exact) mass is 535 g/mol. The van der Waals surface area contributed by atoms with Crippen LogP contribution in [0, 0.1) is 0 Å². The Morgan fingerprint density at radius 2 is 1.97 bits per heavy atom. The lowest BCUT2D eigenvalue weighted by molar-refractivity contribution is -0.284. The number of aromatic nitrogens is 5. The number of hydrogen-bond acceptors (Lipinski definition) is 9. The Morgan fingerprint density at radius 1 is 1.17 bits per heavy atom. The van der Waals surface area contributed by atoms with Crippen molar-refractivity contribution < 1.29 is 19.2 Å². The van der Waals surface area contributed by atoms with Crippen LogP contribution in [0.4, 0.5) is 5.69 Å². The molecular weight excluding hydrogens is 509 g/mol. The maximum atomic E-state index is 13.2. The fourth-order valence-electron chi connectivity index (χ4n) is 3.80. The van der Waals surface area contributed by atoms with Crippen LogP contribution >= 0.6 is 23.2 Å². The van der Waals surface area contributed by atoms with E-state index in [9.17, 15) is 4.79 Å². The summed E-state index contributed by atoms with van der Waals surface area (Å²) >= 11 is 12.2. The van der Waals surface area contributed by atoms with Crippen LogP contribution in [0.15, 0.2) is 36.7 Å². The molecular formula is C23H27Cl2N7O4. The van der Waals surface area contributed by atoms with Gasteiger partial charge in [0.15, 0.2) is 18.6 Å². The van der Waals surface area contributed by atoms with Crippen molar-refractivity contribution in [2.45, 2.75) is 57.7 Å². The standard InChI is InChI=1S/C23H27Cl2N7O4/c1-23(2,3)36-22(33)20(11-16-8-9-29(27-16)17-5-6-17)32-14-34-31(13-35-32)19-10-15(24)4-7-18(19)30-12-21(25)26-28-30/h4,7-10,12,17,20H,5-6,11,13-14H2,1-3H3. The van der Waals surface area contributed by atoms with Gasteiger partial charge in [0.1, 0.15) is 11.6 Å².